The average molecular weight is 456 g/mol. The van der Waals surface area contributed by atoms with Gasteiger partial charge in [0.2, 0.25) is 5.91 Å². The van der Waals surface area contributed by atoms with Crippen LogP contribution in [0.4, 0.5) is 4.79 Å². The molecule has 0 aromatic heterocycles. The van der Waals surface area contributed by atoms with Crippen LogP contribution in [0.15, 0.2) is 48.5 Å². The van der Waals surface area contributed by atoms with Crippen molar-refractivity contribution in [2.75, 3.05) is 26.9 Å². The van der Waals surface area contributed by atoms with Gasteiger partial charge in [-0.05, 0) is 22.3 Å². The highest BCUT2D eigenvalue weighted by molar-refractivity contribution is 5.85. The fourth-order valence-corrected chi connectivity index (χ4v) is 3.90. The van der Waals surface area contributed by atoms with Gasteiger partial charge in [0.05, 0.1) is 12.5 Å². The number of hydrogen-bond donors (Lipinski definition) is 4. The van der Waals surface area contributed by atoms with E-state index in [4.69, 9.17) is 14.6 Å². The predicted molar refractivity (Wildman–Crippen MR) is 120 cm³/mol. The van der Waals surface area contributed by atoms with Crippen molar-refractivity contribution in [1.82, 2.24) is 10.6 Å². The predicted octanol–water partition coefficient (Wildman–Crippen LogP) is 1.88. The van der Waals surface area contributed by atoms with Crippen molar-refractivity contribution in [2.24, 2.45) is 0 Å². The van der Waals surface area contributed by atoms with Crippen LogP contribution in [0.25, 0.3) is 11.1 Å². The Labute approximate surface area is 191 Å². The number of hydrogen-bond acceptors (Lipinski definition) is 6. The molecule has 0 bridgehead atoms. The number of carboxylic acid groups (broad SMARTS) is 1. The van der Waals surface area contributed by atoms with Crippen molar-refractivity contribution in [2.45, 2.75) is 30.9 Å². The monoisotopic (exact) mass is 456 g/mol. The number of rotatable bonds is 11. The standard InChI is InChI=1S/C24H28N2O7/c1-32-11-10-21(23(30)25-13-15(27)12-22(28)29)26-24(31)33-14-20-18-8-4-2-6-16(18)17-7-3-5-9-19(17)20/h2-9,15,20-21,27H,10-14H2,1H3,(H,25,30)(H,26,31)(H,28,29). The SMILES string of the molecule is COCCC(NC(=O)OCC1c2ccccc2-c2ccccc21)C(=O)NCC(O)CC(=O)O. The van der Waals surface area contributed by atoms with E-state index in [1.54, 1.807) is 0 Å². The van der Waals surface area contributed by atoms with Crippen LogP contribution >= 0.6 is 0 Å². The molecule has 2 amide bonds. The summed E-state index contributed by atoms with van der Waals surface area (Å²) >= 11 is 0. The number of fused-ring (bicyclic) bond motifs is 3. The molecular weight excluding hydrogens is 428 g/mol. The maximum absolute atomic E-state index is 12.5. The number of nitrogens with one attached hydrogen (secondary N) is 2. The van der Waals surface area contributed by atoms with E-state index in [0.29, 0.717) is 0 Å². The van der Waals surface area contributed by atoms with Gasteiger partial charge in [0.1, 0.15) is 12.6 Å². The topological polar surface area (TPSA) is 134 Å². The third-order valence-corrected chi connectivity index (χ3v) is 5.49. The molecule has 1 aliphatic carbocycles. The molecule has 0 spiro atoms. The van der Waals surface area contributed by atoms with Crippen LogP contribution in [0.1, 0.15) is 29.9 Å². The van der Waals surface area contributed by atoms with Gasteiger partial charge in [0.25, 0.3) is 0 Å². The van der Waals surface area contributed by atoms with Crippen LogP contribution in [0.3, 0.4) is 0 Å². The Kier molecular flexibility index (Phi) is 8.39. The lowest BCUT2D eigenvalue weighted by molar-refractivity contribution is -0.139. The first kappa shape index (κ1) is 24.2. The summed E-state index contributed by atoms with van der Waals surface area (Å²) in [5.74, 6) is -1.85. The van der Waals surface area contributed by atoms with Crippen LogP contribution in [0.5, 0.6) is 0 Å². The van der Waals surface area contributed by atoms with Gasteiger partial charge >= 0.3 is 12.1 Å². The van der Waals surface area contributed by atoms with Crippen LogP contribution < -0.4 is 10.6 Å². The van der Waals surface area contributed by atoms with Crippen molar-refractivity contribution < 1.29 is 34.1 Å². The summed E-state index contributed by atoms with van der Waals surface area (Å²) < 4.78 is 10.5. The van der Waals surface area contributed by atoms with Crippen LogP contribution in [-0.4, -0.2) is 67.2 Å². The number of ether oxygens (including phenoxy) is 2. The van der Waals surface area contributed by atoms with Gasteiger partial charge in [0.15, 0.2) is 0 Å². The highest BCUT2D eigenvalue weighted by Gasteiger charge is 2.29. The van der Waals surface area contributed by atoms with Crippen LogP contribution in [-0.2, 0) is 19.1 Å². The fourth-order valence-electron chi connectivity index (χ4n) is 3.90. The van der Waals surface area contributed by atoms with Crippen LogP contribution in [0, 0.1) is 0 Å². The van der Waals surface area contributed by atoms with Crippen molar-refractivity contribution in [1.29, 1.82) is 0 Å². The first-order valence-electron chi connectivity index (χ1n) is 10.7. The zero-order chi connectivity index (χ0) is 23.8. The Bertz CT molecular complexity index is 949. The third-order valence-electron chi connectivity index (χ3n) is 5.49. The lowest BCUT2D eigenvalue weighted by Gasteiger charge is -2.20. The van der Waals surface area contributed by atoms with E-state index in [0.717, 1.165) is 22.3 Å². The lowest BCUT2D eigenvalue weighted by atomic mass is 9.98. The summed E-state index contributed by atoms with van der Waals surface area (Å²) in [5, 5.41) is 23.3. The van der Waals surface area contributed by atoms with Crippen molar-refractivity contribution in [3.05, 3.63) is 59.7 Å². The quantitative estimate of drug-likeness (QED) is 0.406. The van der Waals surface area contributed by atoms with E-state index < -0.39 is 36.5 Å². The fraction of sp³-hybridized carbons (Fsp3) is 0.375. The minimum Gasteiger partial charge on any atom is -0.481 e. The molecule has 0 heterocycles. The summed E-state index contributed by atoms with van der Waals surface area (Å²) in [6.45, 7) is 0.0657. The molecule has 1 aliphatic rings. The molecule has 3 rings (SSSR count). The van der Waals surface area contributed by atoms with Gasteiger partial charge in [-0.15, -0.1) is 0 Å². The largest absolute Gasteiger partial charge is 0.481 e. The number of aliphatic hydroxyl groups excluding tert-OH is 1. The molecule has 2 unspecified atom stereocenters. The molecule has 2 aromatic carbocycles. The molecule has 0 radical (unpaired) electrons. The third kappa shape index (κ3) is 6.30. The van der Waals surface area contributed by atoms with Gasteiger partial charge in [-0.2, -0.15) is 0 Å². The average Bonchev–Trinajstić information content (AvgIpc) is 3.12. The second kappa shape index (κ2) is 11.4. The molecule has 9 heteroatoms. The maximum Gasteiger partial charge on any atom is 0.407 e. The molecule has 33 heavy (non-hydrogen) atoms. The second-order valence-corrected chi connectivity index (χ2v) is 7.80. The summed E-state index contributed by atoms with van der Waals surface area (Å²) in [4.78, 5) is 35.6. The van der Waals surface area contributed by atoms with Crippen molar-refractivity contribution in [3.8, 4) is 11.1 Å². The number of aliphatic carboxylic acids is 1. The van der Waals surface area contributed by atoms with E-state index in [1.807, 2.05) is 48.5 Å². The number of benzene rings is 2. The number of carbonyl (C=O) groups excluding carboxylic acids is 2. The van der Waals surface area contributed by atoms with Gasteiger partial charge in [-0.1, -0.05) is 48.5 Å². The van der Waals surface area contributed by atoms with Gasteiger partial charge in [-0.3, -0.25) is 9.59 Å². The minimum absolute atomic E-state index is 0.107. The Morgan fingerprint density at radius 1 is 1.03 bits per heavy atom. The number of aliphatic hydroxyl groups is 1. The first-order chi connectivity index (χ1) is 15.9. The number of carbonyl (C=O) groups is 3. The molecule has 2 aromatic rings. The zero-order valence-corrected chi connectivity index (χ0v) is 18.3. The Hall–Kier alpha value is -3.43. The number of amides is 2. The van der Waals surface area contributed by atoms with Gasteiger partial charge in [-0.25, -0.2) is 4.79 Å². The second-order valence-electron chi connectivity index (χ2n) is 7.80. The molecule has 0 saturated heterocycles. The Morgan fingerprint density at radius 3 is 2.21 bits per heavy atom. The summed E-state index contributed by atoms with van der Waals surface area (Å²) in [6, 6.07) is 15.0. The van der Waals surface area contributed by atoms with E-state index >= 15 is 0 Å². The van der Waals surface area contributed by atoms with E-state index in [2.05, 4.69) is 10.6 Å². The summed E-state index contributed by atoms with van der Waals surface area (Å²) in [6.07, 6.45) is -2.30. The summed E-state index contributed by atoms with van der Waals surface area (Å²) in [5.41, 5.74) is 4.37. The zero-order valence-electron chi connectivity index (χ0n) is 18.3. The van der Waals surface area contributed by atoms with Gasteiger partial charge in [0, 0.05) is 32.6 Å². The maximum atomic E-state index is 12.5. The minimum atomic E-state index is -1.23. The molecule has 176 valence electrons. The molecule has 9 nitrogen and oxygen atoms in total. The number of alkyl carbamates (subject to hydrolysis) is 1. The van der Waals surface area contributed by atoms with Crippen molar-refractivity contribution in [3.63, 3.8) is 0 Å². The molecule has 2 atom stereocenters. The molecule has 0 aliphatic heterocycles. The van der Waals surface area contributed by atoms with E-state index in [-0.39, 0.29) is 32.1 Å². The molecular formula is C24H28N2O7. The molecule has 0 saturated carbocycles. The molecule has 4 N–H and O–H groups in total. The Morgan fingerprint density at radius 2 is 1.64 bits per heavy atom. The lowest BCUT2D eigenvalue weighted by Crippen LogP contribution is -2.49. The molecule has 0 fully saturated rings. The van der Waals surface area contributed by atoms with E-state index in [9.17, 15) is 19.5 Å². The van der Waals surface area contributed by atoms with Crippen molar-refractivity contribution >= 4 is 18.0 Å². The highest BCUT2D eigenvalue weighted by Crippen LogP contribution is 2.44. The Balaban J connectivity index is 1.59. The first-order valence-corrected chi connectivity index (χ1v) is 10.7. The summed E-state index contributed by atoms with van der Waals surface area (Å²) in [7, 11) is 1.47. The van der Waals surface area contributed by atoms with E-state index in [1.165, 1.54) is 7.11 Å². The number of methoxy groups -OCH3 is 1. The van der Waals surface area contributed by atoms with Gasteiger partial charge < -0.3 is 30.3 Å². The normalized spacial score (nSPS) is 14.0. The van der Waals surface area contributed by atoms with Crippen LogP contribution in [0.2, 0.25) is 0 Å². The smallest absolute Gasteiger partial charge is 0.407 e. The highest BCUT2D eigenvalue weighted by atomic mass is 16.5. The number of carboxylic acids is 1.